The summed E-state index contributed by atoms with van der Waals surface area (Å²) in [5, 5.41) is 6.10. The monoisotopic (exact) mass is 624 g/mol. The van der Waals surface area contributed by atoms with Crippen molar-refractivity contribution in [3.8, 4) is 17.2 Å². The van der Waals surface area contributed by atoms with Crippen molar-refractivity contribution in [3.63, 3.8) is 0 Å². The third kappa shape index (κ3) is 6.04. The largest absolute Gasteiger partial charge is 0.493 e. The van der Waals surface area contributed by atoms with E-state index in [1.54, 1.807) is 24.3 Å². The number of carbonyl (C=O) groups excluding carboxylic acids is 2. The predicted molar refractivity (Wildman–Crippen MR) is 170 cm³/mol. The number of urea groups is 1. The normalized spacial score (nSPS) is 19.0. The van der Waals surface area contributed by atoms with Gasteiger partial charge in [0.1, 0.15) is 33.9 Å². The number of morpholine rings is 1. The number of rotatable bonds is 9. The van der Waals surface area contributed by atoms with Crippen molar-refractivity contribution in [1.29, 1.82) is 0 Å². The van der Waals surface area contributed by atoms with Crippen molar-refractivity contribution >= 4 is 40.9 Å². The van der Waals surface area contributed by atoms with Gasteiger partial charge in [0.2, 0.25) is 5.91 Å². The second kappa shape index (κ2) is 12.8. The van der Waals surface area contributed by atoms with E-state index in [-0.39, 0.29) is 11.9 Å². The Kier molecular flexibility index (Phi) is 8.25. The zero-order valence-electron chi connectivity index (χ0n) is 24.6. The fourth-order valence-electron chi connectivity index (χ4n) is 5.69. The Hall–Kier alpha value is -4.65. The lowest BCUT2D eigenvalue weighted by atomic mass is 10.0. The number of benzene rings is 3. The van der Waals surface area contributed by atoms with Gasteiger partial charge >= 0.3 is 6.03 Å². The van der Waals surface area contributed by atoms with Crippen molar-refractivity contribution in [1.82, 2.24) is 20.2 Å². The lowest BCUT2D eigenvalue weighted by Crippen LogP contribution is -2.48. The van der Waals surface area contributed by atoms with Crippen LogP contribution in [0.2, 0.25) is 0 Å². The number of nitrogens with zero attached hydrogens (tertiary/aromatic N) is 4. The molecule has 1 aromatic heterocycles. The molecule has 4 heterocycles. The van der Waals surface area contributed by atoms with Gasteiger partial charge in [-0.1, -0.05) is 36.0 Å². The molecule has 1 saturated heterocycles. The van der Waals surface area contributed by atoms with E-state index in [2.05, 4.69) is 25.5 Å². The molecule has 45 heavy (non-hydrogen) atoms. The number of hydrogen-bond acceptors (Lipinski definition) is 9. The van der Waals surface area contributed by atoms with E-state index in [0.29, 0.717) is 34.6 Å². The minimum absolute atomic E-state index is 0.242. The smallest absolute Gasteiger partial charge is 0.328 e. The van der Waals surface area contributed by atoms with Gasteiger partial charge in [0, 0.05) is 37.0 Å². The van der Waals surface area contributed by atoms with Gasteiger partial charge in [0.25, 0.3) is 0 Å². The lowest BCUT2D eigenvalue weighted by Gasteiger charge is -2.33. The number of nitrogens with one attached hydrogen (secondary N) is 2. The van der Waals surface area contributed by atoms with Gasteiger partial charge in [-0.15, -0.1) is 0 Å². The van der Waals surface area contributed by atoms with E-state index in [4.69, 9.17) is 14.2 Å². The highest BCUT2D eigenvalue weighted by Gasteiger charge is 2.47. The molecule has 230 valence electrons. The molecule has 3 aromatic carbocycles. The molecule has 3 amide bonds. The molecule has 0 aliphatic carbocycles. The lowest BCUT2D eigenvalue weighted by molar-refractivity contribution is -0.116. The van der Waals surface area contributed by atoms with Crippen LogP contribution in [0.5, 0.6) is 17.2 Å². The molecule has 1 fully saturated rings. The SMILES string of the molecule is CCOc1cc(NC(=O)C2Sc3ncnc4c3C2NC(=O)N4c2ccc(Oc3ccccc3)cc2)ccc1CN1CCOCC1. The summed E-state index contributed by atoms with van der Waals surface area (Å²) in [6.45, 7) is 6.37. The molecular formula is C33H32N6O5S. The summed E-state index contributed by atoms with van der Waals surface area (Å²) in [7, 11) is 0. The average molecular weight is 625 g/mol. The first-order chi connectivity index (χ1) is 22.1. The van der Waals surface area contributed by atoms with Crippen LogP contribution in [0.4, 0.5) is 22.0 Å². The number of carbonyl (C=O) groups is 2. The van der Waals surface area contributed by atoms with Crippen molar-refractivity contribution in [3.05, 3.63) is 90.3 Å². The third-order valence-electron chi connectivity index (χ3n) is 7.84. The predicted octanol–water partition coefficient (Wildman–Crippen LogP) is 5.52. The molecule has 4 aromatic rings. The molecule has 0 radical (unpaired) electrons. The number of ether oxygens (including phenoxy) is 3. The number of hydrogen-bond donors (Lipinski definition) is 2. The number of thioether (sulfide) groups is 1. The first-order valence-corrected chi connectivity index (χ1v) is 15.8. The van der Waals surface area contributed by atoms with Crippen LogP contribution >= 0.6 is 11.8 Å². The van der Waals surface area contributed by atoms with Crippen molar-refractivity contribution < 1.29 is 23.8 Å². The fraction of sp³-hybridized carbons (Fsp3) is 0.273. The highest BCUT2D eigenvalue weighted by atomic mass is 32.2. The molecule has 0 bridgehead atoms. The minimum atomic E-state index is -0.633. The molecule has 2 N–H and O–H groups in total. The van der Waals surface area contributed by atoms with Crippen molar-refractivity contribution in [2.24, 2.45) is 0 Å². The molecular weight excluding hydrogens is 592 g/mol. The third-order valence-corrected chi connectivity index (χ3v) is 9.13. The number of anilines is 3. The molecule has 0 saturated carbocycles. The van der Waals surface area contributed by atoms with E-state index in [0.717, 1.165) is 55.5 Å². The molecule has 7 rings (SSSR count). The molecule has 2 unspecified atom stereocenters. The number of amides is 3. The van der Waals surface area contributed by atoms with Crippen LogP contribution in [-0.4, -0.2) is 65.0 Å². The molecule has 2 atom stereocenters. The van der Waals surface area contributed by atoms with Gasteiger partial charge in [-0.3, -0.25) is 9.69 Å². The maximum absolute atomic E-state index is 13.7. The highest BCUT2D eigenvalue weighted by molar-refractivity contribution is 8.01. The van der Waals surface area contributed by atoms with Crippen LogP contribution in [0.1, 0.15) is 24.1 Å². The zero-order chi connectivity index (χ0) is 30.8. The van der Waals surface area contributed by atoms with Gasteiger partial charge in [0.05, 0.1) is 37.1 Å². The molecule has 12 heteroatoms. The molecule has 0 spiro atoms. The van der Waals surface area contributed by atoms with Gasteiger partial charge in [-0.2, -0.15) is 0 Å². The van der Waals surface area contributed by atoms with Crippen LogP contribution in [0.3, 0.4) is 0 Å². The standard InChI is InChI=1S/C33H32N6O5S/c1-2-43-26-18-22(9-8-21(26)19-38-14-16-42-17-15-38)36-31(40)29-28-27-30(34-20-35-32(27)45-29)39(33(41)37-28)23-10-12-25(13-11-23)44-24-6-4-3-5-7-24/h3-13,18,20,28-29H,2,14-17,19H2,1H3,(H,36,40)(H,37,41). The Bertz CT molecular complexity index is 1700. The van der Waals surface area contributed by atoms with Crippen LogP contribution < -0.4 is 25.0 Å². The second-order valence-corrected chi connectivity index (χ2v) is 11.9. The summed E-state index contributed by atoms with van der Waals surface area (Å²) >= 11 is 1.32. The van der Waals surface area contributed by atoms with Gasteiger partial charge in [-0.05, 0) is 49.4 Å². The maximum atomic E-state index is 13.7. The van der Waals surface area contributed by atoms with Crippen molar-refractivity contribution in [2.75, 3.05) is 43.1 Å². The first-order valence-electron chi connectivity index (χ1n) is 14.9. The Balaban J connectivity index is 1.08. The Morgan fingerprint density at radius 1 is 1.04 bits per heavy atom. The van der Waals surface area contributed by atoms with E-state index in [1.807, 2.05) is 55.5 Å². The van der Waals surface area contributed by atoms with E-state index in [1.165, 1.54) is 23.0 Å². The van der Waals surface area contributed by atoms with E-state index in [9.17, 15) is 9.59 Å². The number of aromatic nitrogens is 2. The summed E-state index contributed by atoms with van der Waals surface area (Å²) < 4.78 is 17.3. The van der Waals surface area contributed by atoms with Crippen LogP contribution in [-0.2, 0) is 16.1 Å². The minimum Gasteiger partial charge on any atom is -0.493 e. The fourth-order valence-corrected chi connectivity index (χ4v) is 6.89. The second-order valence-electron chi connectivity index (χ2n) is 10.8. The van der Waals surface area contributed by atoms with Gasteiger partial charge < -0.3 is 24.8 Å². The van der Waals surface area contributed by atoms with Crippen LogP contribution in [0.15, 0.2) is 84.1 Å². The Morgan fingerprint density at radius 2 is 1.82 bits per heavy atom. The zero-order valence-corrected chi connectivity index (χ0v) is 25.5. The molecule has 11 nitrogen and oxygen atoms in total. The summed E-state index contributed by atoms with van der Waals surface area (Å²) in [6, 6.07) is 21.5. The highest BCUT2D eigenvalue weighted by Crippen LogP contribution is 2.50. The first kappa shape index (κ1) is 29.1. The van der Waals surface area contributed by atoms with Crippen LogP contribution in [0.25, 0.3) is 0 Å². The topological polar surface area (TPSA) is 118 Å². The molecule has 3 aliphatic rings. The van der Waals surface area contributed by atoms with Crippen molar-refractivity contribution in [2.45, 2.75) is 29.8 Å². The van der Waals surface area contributed by atoms with E-state index >= 15 is 0 Å². The van der Waals surface area contributed by atoms with E-state index < -0.39 is 11.3 Å². The maximum Gasteiger partial charge on any atom is 0.328 e. The summed E-state index contributed by atoms with van der Waals surface area (Å²) in [5.74, 6) is 2.31. The summed E-state index contributed by atoms with van der Waals surface area (Å²) in [6.07, 6.45) is 1.43. The Morgan fingerprint density at radius 3 is 2.60 bits per heavy atom. The van der Waals surface area contributed by atoms with Crippen LogP contribution in [0, 0.1) is 0 Å². The summed E-state index contributed by atoms with van der Waals surface area (Å²) in [5.41, 5.74) is 3.02. The van der Waals surface area contributed by atoms with Gasteiger partial charge in [-0.25, -0.2) is 19.7 Å². The quantitative estimate of drug-likeness (QED) is 0.232. The van der Waals surface area contributed by atoms with Gasteiger partial charge in [0.15, 0.2) is 5.82 Å². The summed E-state index contributed by atoms with van der Waals surface area (Å²) in [4.78, 5) is 40.0. The molecule has 3 aliphatic heterocycles. The number of para-hydroxylation sites is 1. The average Bonchev–Trinajstić information content (AvgIpc) is 3.43. The Labute approximate surface area is 264 Å².